The van der Waals surface area contributed by atoms with Crippen molar-refractivity contribution in [1.82, 2.24) is 0 Å². The summed E-state index contributed by atoms with van der Waals surface area (Å²) in [4.78, 5) is 11.0. The van der Waals surface area contributed by atoms with Crippen molar-refractivity contribution in [3.8, 4) is 11.3 Å². The van der Waals surface area contributed by atoms with E-state index in [0.29, 0.717) is 5.02 Å². The summed E-state index contributed by atoms with van der Waals surface area (Å²) in [5.41, 5.74) is 3.91. The largest absolute Gasteiger partial charge is 0.478 e. The van der Waals surface area contributed by atoms with Gasteiger partial charge in [-0.1, -0.05) is 60.2 Å². The van der Waals surface area contributed by atoms with Crippen LogP contribution in [0.15, 0.2) is 77.2 Å². The van der Waals surface area contributed by atoms with Gasteiger partial charge in [-0.2, -0.15) is 0 Å². The number of benzene rings is 3. The van der Waals surface area contributed by atoms with Crippen LogP contribution in [0.25, 0.3) is 34.4 Å². The summed E-state index contributed by atoms with van der Waals surface area (Å²) in [6.07, 6.45) is 3.84. The highest BCUT2D eigenvalue weighted by Crippen LogP contribution is 2.29. The molecule has 0 aliphatic carbocycles. The molecule has 3 aromatic carbocycles. The first-order valence-electron chi connectivity index (χ1n) is 8.39. The van der Waals surface area contributed by atoms with Crippen LogP contribution in [0.3, 0.4) is 0 Å². The molecule has 0 spiro atoms. The van der Waals surface area contributed by atoms with E-state index in [1.807, 2.05) is 66.7 Å². The van der Waals surface area contributed by atoms with E-state index in [2.05, 4.69) is 0 Å². The number of hydrogen-bond acceptors (Lipinski definition) is 2. The van der Waals surface area contributed by atoms with Crippen LogP contribution in [0, 0.1) is 0 Å². The summed E-state index contributed by atoms with van der Waals surface area (Å²) >= 11 is 6.03. The molecule has 0 aliphatic heterocycles. The van der Waals surface area contributed by atoms with Gasteiger partial charge in [-0.05, 0) is 47.5 Å². The van der Waals surface area contributed by atoms with Gasteiger partial charge in [0.05, 0.1) is 5.56 Å². The molecule has 0 bridgehead atoms. The highest BCUT2D eigenvalue weighted by Gasteiger charge is 2.06. The van der Waals surface area contributed by atoms with Gasteiger partial charge in [0.25, 0.3) is 0 Å². The summed E-state index contributed by atoms with van der Waals surface area (Å²) in [5, 5.41) is 10.7. The van der Waals surface area contributed by atoms with Crippen LogP contribution < -0.4 is 0 Å². The summed E-state index contributed by atoms with van der Waals surface area (Å²) in [5.74, 6) is -0.140. The zero-order valence-electron chi connectivity index (χ0n) is 14.2. The first-order valence-corrected chi connectivity index (χ1v) is 8.77. The minimum atomic E-state index is -0.929. The number of aromatic carboxylic acids is 1. The lowest BCUT2D eigenvalue weighted by Gasteiger charge is -1.99. The third-order valence-corrected chi connectivity index (χ3v) is 4.51. The minimum Gasteiger partial charge on any atom is -0.478 e. The number of rotatable bonds is 4. The van der Waals surface area contributed by atoms with Gasteiger partial charge in [0, 0.05) is 16.0 Å². The molecule has 0 atom stereocenters. The van der Waals surface area contributed by atoms with Gasteiger partial charge in [-0.15, -0.1) is 0 Å². The molecule has 27 heavy (non-hydrogen) atoms. The van der Waals surface area contributed by atoms with Crippen molar-refractivity contribution in [1.29, 1.82) is 0 Å². The predicted octanol–water partition coefficient (Wildman–Crippen LogP) is 6.62. The lowest BCUT2D eigenvalue weighted by molar-refractivity contribution is 0.0697. The standard InChI is InChI=1S/C23H15ClO3/c24-20-10-11-21-19(13-20)14-22(27-21)17-8-6-15(7-9-17)4-5-16-2-1-3-18(12-16)23(25)26/h1-14H,(H,25,26)/b5-4+. The number of furan rings is 1. The van der Waals surface area contributed by atoms with Gasteiger partial charge in [0.15, 0.2) is 0 Å². The van der Waals surface area contributed by atoms with E-state index in [-0.39, 0.29) is 5.56 Å². The average Bonchev–Trinajstić information content (AvgIpc) is 3.10. The van der Waals surface area contributed by atoms with Crippen LogP contribution in [-0.4, -0.2) is 11.1 Å². The second-order valence-electron chi connectivity index (χ2n) is 6.18. The Morgan fingerprint density at radius 3 is 2.44 bits per heavy atom. The Bertz CT molecular complexity index is 1150. The zero-order valence-corrected chi connectivity index (χ0v) is 15.0. The number of carboxylic acid groups (broad SMARTS) is 1. The topological polar surface area (TPSA) is 50.4 Å². The van der Waals surface area contributed by atoms with Crippen molar-refractivity contribution in [3.05, 3.63) is 94.5 Å². The van der Waals surface area contributed by atoms with E-state index in [4.69, 9.17) is 21.1 Å². The lowest BCUT2D eigenvalue weighted by atomic mass is 10.1. The van der Waals surface area contributed by atoms with E-state index >= 15 is 0 Å². The van der Waals surface area contributed by atoms with Gasteiger partial charge >= 0.3 is 5.97 Å². The molecule has 1 N–H and O–H groups in total. The maximum Gasteiger partial charge on any atom is 0.335 e. The van der Waals surface area contributed by atoms with Gasteiger partial charge in [-0.3, -0.25) is 0 Å². The first-order chi connectivity index (χ1) is 13.1. The molecule has 4 aromatic rings. The Morgan fingerprint density at radius 2 is 1.67 bits per heavy atom. The molecule has 0 amide bonds. The average molecular weight is 375 g/mol. The number of halogens is 1. The van der Waals surface area contributed by atoms with Crippen LogP contribution >= 0.6 is 11.6 Å². The van der Waals surface area contributed by atoms with Crippen LogP contribution in [0.2, 0.25) is 5.02 Å². The van der Waals surface area contributed by atoms with Crippen molar-refractivity contribution in [3.63, 3.8) is 0 Å². The summed E-state index contributed by atoms with van der Waals surface area (Å²) in [7, 11) is 0. The number of carboxylic acids is 1. The molecule has 132 valence electrons. The smallest absolute Gasteiger partial charge is 0.335 e. The fraction of sp³-hybridized carbons (Fsp3) is 0. The van der Waals surface area contributed by atoms with Crippen LogP contribution in [0.1, 0.15) is 21.5 Å². The van der Waals surface area contributed by atoms with Gasteiger partial charge in [0.1, 0.15) is 11.3 Å². The van der Waals surface area contributed by atoms with Crippen LogP contribution in [-0.2, 0) is 0 Å². The second-order valence-corrected chi connectivity index (χ2v) is 6.62. The van der Waals surface area contributed by atoms with E-state index < -0.39 is 5.97 Å². The molecule has 1 heterocycles. The summed E-state index contributed by atoms with van der Waals surface area (Å²) in [6, 6.07) is 22.3. The van der Waals surface area contributed by atoms with Crippen molar-refractivity contribution >= 4 is 40.7 Å². The van der Waals surface area contributed by atoms with Crippen molar-refractivity contribution in [2.45, 2.75) is 0 Å². The second kappa shape index (κ2) is 7.14. The Kier molecular flexibility index (Phi) is 4.53. The Morgan fingerprint density at radius 1 is 0.889 bits per heavy atom. The third kappa shape index (κ3) is 3.78. The minimum absolute atomic E-state index is 0.275. The fourth-order valence-corrected chi connectivity index (χ4v) is 3.06. The number of fused-ring (bicyclic) bond motifs is 1. The molecule has 3 nitrogen and oxygen atoms in total. The summed E-state index contributed by atoms with van der Waals surface area (Å²) < 4.78 is 5.88. The lowest BCUT2D eigenvalue weighted by Crippen LogP contribution is -1.95. The molecule has 1 aromatic heterocycles. The SMILES string of the molecule is O=C(O)c1cccc(/C=C/c2ccc(-c3cc4cc(Cl)ccc4o3)cc2)c1. The quantitative estimate of drug-likeness (QED) is 0.408. The number of carbonyl (C=O) groups is 1. The maximum absolute atomic E-state index is 11.0. The monoisotopic (exact) mass is 374 g/mol. The molecule has 4 rings (SSSR count). The van der Waals surface area contributed by atoms with Crippen molar-refractivity contribution in [2.24, 2.45) is 0 Å². The van der Waals surface area contributed by atoms with Crippen molar-refractivity contribution in [2.75, 3.05) is 0 Å². The third-order valence-electron chi connectivity index (χ3n) is 4.28. The van der Waals surface area contributed by atoms with E-state index in [1.165, 1.54) is 0 Å². The predicted molar refractivity (Wildman–Crippen MR) is 109 cm³/mol. The molecule has 0 aliphatic rings. The first kappa shape index (κ1) is 17.1. The summed E-state index contributed by atoms with van der Waals surface area (Å²) in [6.45, 7) is 0. The molecule has 0 radical (unpaired) electrons. The normalized spacial score (nSPS) is 11.3. The van der Waals surface area contributed by atoms with Gasteiger partial charge in [0.2, 0.25) is 0 Å². The molecular formula is C23H15ClO3. The molecule has 0 saturated carbocycles. The molecule has 4 heteroatoms. The van der Waals surface area contributed by atoms with E-state index in [9.17, 15) is 4.79 Å². The Balaban J connectivity index is 1.56. The fourth-order valence-electron chi connectivity index (χ4n) is 2.88. The highest BCUT2D eigenvalue weighted by molar-refractivity contribution is 6.31. The molecule has 0 fully saturated rings. The maximum atomic E-state index is 11.0. The molecule has 0 saturated heterocycles. The molecule has 0 unspecified atom stereocenters. The van der Waals surface area contributed by atoms with E-state index in [1.54, 1.807) is 18.2 Å². The molecular weight excluding hydrogens is 360 g/mol. The van der Waals surface area contributed by atoms with Crippen LogP contribution in [0.5, 0.6) is 0 Å². The highest BCUT2D eigenvalue weighted by atomic mass is 35.5. The zero-order chi connectivity index (χ0) is 18.8. The number of hydrogen-bond donors (Lipinski definition) is 1. The Hall–Kier alpha value is -3.30. The van der Waals surface area contributed by atoms with Crippen LogP contribution in [0.4, 0.5) is 0 Å². The van der Waals surface area contributed by atoms with Gasteiger partial charge in [-0.25, -0.2) is 4.79 Å². The van der Waals surface area contributed by atoms with E-state index in [0.717, 1.165) is 33.4 Å². The van der Waals surface area contributed by atoms with Crippen molar-refractivity contribution < 1.29 is 14.3 Å². The van der Waals surface area contributed by atoms with Gasteiger partial charge < -0.3 is 9.52 Å². The Labute approximate surface area is 161 Å².